The van der Waals surface area contributed by atoms with Gasteiger partial charge in [-0.15, -0.1) is 0 Å². The summed E-state index contributed by atoms with van der Waals surface area (Å²) in [4.78, 5) is 35.3. The van der Waals surface area contributed by atoms with Crippen molar-refractivity contribution in [3.05, 3.63) is 0 Å². The summed E-state index contributed by atoms with van der Waals surface area (Å²) in [7, 11) is 1.32. The van der Waals surface area contributed by atoms with Crippen LogP contribution in [0.2, 0.25) is 0 Å². The summed E-state index contributed by atoms with van der Waals surface area (Å²) in [6.45, 7) is 0.326. The van der Waals surface area contributed by atoms with E-state index >= 15 is 0 Å². The molecule has 0 unspecified atom stereocenters. The van der Waals surface area contributed by atoms with Gasteiger partial charge in [-0.05, 0) is 19.3 Å². The molecule has 90 valence electrons. The quantitative estimate of drug-likeness (QED) is 0.528. The zero-order valence-corrected chi connectivity index (χ0v) is 9.53. The molecule has 5 heteroatoms. The smallest absolute Gasteiger partial charge is 0.305 e. The maximum Gasteiger partial charge on any atom is 0.305 e. The molecular weight excluding hydrogens is 210 g/mol. The Morgan fingerprint density at radius 2 is 1.81 bits per heavy atom. The average Bonchev–Trinajstić information content (AvgIpc) is 2.43. The first-order valence-corrected chi connectivity index (χ1v) is 5.55. The van der Waals surface area contributed by atoms with E-state index < -0.39 is 0 Å². The summed E-state index contributed by atoms with van der Waals surface area (Å²) in [5.74, 6) is -0.547. The zero-order valence-electron chi connectivity index (χ0n) is 9.53. The zero-order chi connectivity index (χ0) is 12.0. The van der Waals surface area contributed by atoms with E-state index in [9.17, 15) is 14.4 Å². The van der Waals surface area contributed by atoms with Crippen molar-refractivity contribution in [3.8, 4) is 0 Å². The Balaban J connectivity index is 2.40. The number of nitrogens with zero attached hydrogens (tertiary/aromatic N) is 1. The third-order valence-corrected chi connectivity index (χ3v) is 2.62. The number of carbonyl (C=O) groups excluding carboxylic acids is 3. The average molecular weight is 227 g/mol. The highest BCUT2D eigenvalue weighted by Crippen LogP contribution is 2.13. The predicted octanol–water partition coefficient (Wildman–Crippen LogP) is 0.869. The van der Waals surface area contributed by atoms with Crippen molar-refractivity contribution in [2.45, 2.75) is 38.5 Å². The Morgan fingerprint density at radius 3 is 2.31 bits per heavy atom. The van der Waals surface area contributed by atoms with E-state index in [1.54, 1.807) is 0 Å². The normalized spacial score (nSPS) is 17.2. The van der Waals surface area contributed by atoms with Gasteiger partial charge < -0.3 is 4.74 Å². The van der Waals surface area contributed by atoms with Crippen LogP contribution in [-0.4, -0.2) is 36.3 Å². The number of methoxy groups -OCH3 is 1. The van der Waals surface area contributed by atoms with Gasteiger partial charge in [0.1, 0.15) is 0 Å². The molecule has 16 heavy (non-hydrogen) atoms. The molecular formula is C11H17NO4. The molecule has 5 nitrogen and oxygen atoms in total. The van der Waals surface area contributed by atoms with Crippen LogP contribution in [0.25, 0.3) is 0 Å². The van der Waals surface area contributed by atoms with Crippen LogP contribution in [0.3, 0.4) is 0 Å². The lowest BCUT2D eigenvalue weighted by Gasteiger charge is -2.17. The van der Waals surface area contributed by atoms with Crippen LogP contribution in [-0.2, 0) is 19.1 Å². The molecule has 0 radical (unpaired) electrons. The molecule has 0 atom stereocenters. The summed E-state index contributed by atoms with van der Waals surface area (Å²) < 4.78 is 4.49. The number of imide groups is 1. The minimum atomic E-state index is -0.310. The largest absolute Gasteiger partial charge is 0.469 e. The summed E-state index contributed by atoms with van der Waals surface area (Å²) >= 11 is 0. The minimum absolute atomic E-state index is 0.118. The van der Waals surface area contributed by atoms with Crippen molar-refractivity contribution in [3.63, 3.8) is 0 Å². The molecule has 1 aliphatic heterocycles. The van der Waals surface area contributed by atoms with E-state index in [0.717, 1.165) is 12.8 Å². The summed E-state index contributed by atoms with van der Waals surface area (Å²) in [5, 5.41) is 0. The van der Waals surface area contributed by atoms with Crippen LogP contribution in [0, 0.1) is 0 Å². The van der Waals surface area contributed by atoms with Crippen molar-refractivity contribution in [1.29, 1.82) is 0 Å². The fourth-order valence-electron chi connectivity index (χ4n) is 1.69. The molecule has 0 aromatic heterocycles. The Kier molecular flexibility index (Phi) is 4.95. The molecule has 0 spiro atoms. The summed E-state index contributed by atoms with van der Waals surface area (Å²) in [5.41, 5.74) is 0. The van der Waals surface area contributed by atoms with E-state index in [1.165, 1.54) is 12.0 Å². The number of hydrogen-bond acceptors (Lipinski definition) is 4. The summed E-state index contributed by atoms with van der Waals surface area (Å²) in [6, 6.07) is 0. The topological polar surface area (TPSA) is 63.7 Å². The van der Waals surface area contributed by atoms with Crippen molar-refractivity contribution < 1.29 is 19.1 Å². The van der Waals surface area contributed by atoms with Gasteiger partial charge in [-0.25, -0.2) is 0 Å². The molecule has 1 aliphatic rings. The van der Waals surface area contributed by atoms with E-state index in [2.05, 4.69) is 4.74 Å². The fraction of sp³-hybridized carbons (Fsp3) is 0.727. The van der Waals surface area contributed by atoms with Crippen molar-refractivity contribution in [2.75, 3.05) is 13.7 Å². The third kappa shape index (κ3) is 3.64. The van der Waals surface area contributed by atoms with Crippen LogP contribution in [0.15, 0.2) is 0 Å². The van der Waals surface area contributed by atoms with Crippen LogP contribution < -0.4 is 0 Å². The molecule has 0 aromatic carbocycles. The second kappa shape index (κ2) is 6.25. The second-order valence-corrected chi connectivity index (χ2v) is 3.83. The number of carbonyl (C=O) groups is 3. The van der Waals surface area contributed by atoms with Crippen LogP contribution in [0.1, 0.15) is 38.5 Å². The molecule has 0 saturated carbocycles. The standard InChI is InChI=1S/C11H17NO4/c1-16-11(15)7-4-8-12-9(13)5-2-3-6-10(12)14/h2-8H2,1H3. The van der Waals surface area contributed by atoms with Crippen LogP contribution >= 0.6 is 0 Å². The first-order valence-electron chi connectivity index (χ1n) is 5.55. The van der Waals surface area contributed by atoms with Gasteiger partial charge >= 0.3 is 5.97 Å². The van der Waals surface area contributed by atoms with E-state index in [1.807, 2.05) is 0 Å². The molecule has 1 rings (SSSR count). The lowest BCUT2D eigenvalue weighted by atomic mass is 10.2. The van der Waals surface area contributed by atoms with E-state index in [4.69, 9.17) is 0 Å². The molecule has 2 amide bonds. The highest BCUT2D eigenvalue weighted by molar-refractivity contribution is 5.96. The Morgan fingerprint density at radius 1 is 1.25 bits per heavy atom. The number of ether oxygens (including phenoxy) is 1. The fourth-order valence-corrected chi connectivity index (χ4v) is 1.69. The molecule has 1 saturated heterocycles. The maximum atomic E-state index is 11.6. The minimum Gasteiger partial charge on any atom is -0.469 e. The maximum absolute atomic E-state index is 11.6. The third-order valence-electron chi connectivity index (χ3n) is 2.62. The van der Waals surface area contributed by atoms with Gasteiger partial charge in [0.15, 0.2) is 0 Å². The molecule has 0 bridgehead atoms. The number of rotatable bonds is 4. The van der Waals surface area contributed by atoms with Crippen molar-refractivity contribution in [1.82, 2.24) is 4.90 Å². The van der Waals surface area contributed by atoms with Gasteiger partial charge in [0, 0.05) is 25.8 Å². The lowest BCUT2D eigenvalue weighted by molar-refractivity contribution is -0.146. The lowest BCUT2D eigenvalue weighted by Crippen LogP contribution is -2.36. The Bertz CT molecular complexity index is 270. The molecule has 0 N–H and O–H groups in total. The molecule has 1 fully saturated rings. The van der Waals surface area contributed by atoms with Crippen molar-refractivity contribution >= 4 is 17.8 Å². The number of likely N-dealkylation sites (tertiary alicyclic amines) is 1. The Hall–Kier alpha value is -1.39. The first-order chi connectivity index (χ1) is 7.65. The van der Waals surface area contributed by atoms with E-state index in [-0.39, 0.29) is 24.2 Å². The molecule has 0 aromatic rings. The van der Waals surface area contributed by atoms with Gasteiger partial charge in [-0.3, -0.25) is 19.3 Å². The number of esters is 1. The monoisotopic (exact) mass is 227 g/mol. The Labute approximate surface area is 94.7 Å². The van der Waals surface area contributed by atoms with Gasteiger partial charge in [0.25, 0.3) is 0 Å². The van der Waals surface area contributed by atoms with Gasteiger partial charge in [-0.1, -0.05) is 0 Å². The van der Waals surface area contributed by atoms with Gasteiger partial charge in [0.05, 0.1) is 7.11 Å². The van der Waals surface area contributed by atoms with Crippen molar-refractivity contribution in [2.24, 2.45) is 0 Å². The van der Waals surface area contributed by atoms with Crippen LogP contribution in [0.4, 0.5) is 0 Å². The second-order valence-electron chi connectivity index (χ2n) is 3.83. The van der Waals surface area contributed by atoms with E-state index in [0.29, 0.717) is 25.8 Å². The van der Waals surface area contributed by atoms with Gasteiger partial charge in [0.2, 0.25) is 11.8 Å². The van der Waals surface area contributed by atoms with Crippen LogP contribution in [0.5, 0.6) is 0 Å². The number of hydrogen-bond donors (Lipinski definition) is 0. The first kappa shape index (κ1) is 12.7. The summed E-state index contributed by atoms with van der Waals surface area (Å²) in [6.07, 6.45) is 3.14. The van der Waals surface area contributed by atoms with Gasteiger partial charge in [-0.2, -0.15) is 0 Å². The highest BCUT2D eigenvalue weighted by atomic mass is 16.5. The number of amides is 2. The highest BCUT2D eigenvalue weighted by Gasteiger charge is 2.23. The predicted molar refractivity (Wildman–Crippen MR) is 56.4 cm³/mol. The SMILES string of the molecule is COC(=O)CCCN1C(=O)CCCCC1=O. The molecule has 0 aliphatic carbocycles. The molecule has 1 heterocycles.